The van der Waals surface area contributed by atoms with Gasteiger partial charge in [0.25, 0.3) is 0 Å². The lowest BCUT2D eigenvalue weighted by Gasteiger charge is -2.10. The van der Waals surface area contributed by atoms with Gasteiger partial charge in [0.05, 0.1) is 11.9 Å². The summed E-state index contributed by atoms with van der Waals surface area (Å²) in [5.74, 6) is -2.62. The monoisotopic (exact) mass is 469 g/mol. The van der Waals surface area contributed by atoms with Crippen LogP contribution in [-0.2, 0) is 16.0 Å². The van der Waals surface area contributed by atoms with Crippen molar-refractivity contribution in [1.82, 2.24) is 14.8 Å². The third kappa shape index (κ3) is 3.88. The normalized spacial score (nSPS) is 12.3. The van der Waals surface area contributed by atoms with Crippen LogP contribution in [0.25, 0.3) is 28.4 Å². The Bertz CT molecular complexity index is 1390. The molecule has 0 unspecified atom stereocenters. The Kier molecular flexibility index (Phi) is 5.12. The van der Waals surface area contributed by atoms with E-state index in [1.165, 1.54) is 36.7 Å². The fraction of sp³-hybridized carbons (Fsp3) is 0.100. The second kappa shape index (κ2) is 7.55. The highest BCUT2D eigenvalue weighted by atomic mass is 32.2. The summed E-state index contributed by atoms with van der Waals surface area (Å²) in [6.07, 6.45) is -1.60. The minimum atomic E-state index is -5.12. The first-order valence-corrected chi connectivity index (χ1v) is 10.7. The number of rotatable bonds is 4. The fourth-order valence-electron chi connectivity index (χ4n) is 3.07. The highest BCUT2D eigenvalue weighted by molar-refractivity contribution is 7.90. The van der Waals surface area contributed by atoms with Gasteiger partial charge in [-0.2, -0.15) is 18.3 Å². The largest absolute Gasteiger partial charge is 0.445 e. The zero-order chi connectivity index (χ0) is 23.3. The smallest absolute Gasteiger partial charge is 0.438 e. The molecule has 32 heavy (non-hydrogen) atoms. The number of nitrogens with zero attached hydrogens (tertiary/aromatic N) is 3. The van der Waals surface area contributed by atoms with Crippen molar-refractivity contribution in [3.05, 3.63) is 72.3 Å². The fourth-order valence-corrected chi connectivity index (χ4v) is 3.80. The summed E-state index contributed by atoms with van der Waals surface area (Å²) in [6, 6.07) is 8.17. The first-order valence-electron chi connectivity index (χ1n) is 8.83. The van der Waals surface area contributed by atoms with E-state index in [4.69, 9.17) is 4.42 Å². The number of oxazole rings is 1. The number of alkyl halides is 3. The summed E-state index contributed by atoms with van der Waals surface area (Å²) >= 11 is 0. The van der Waals surface area contributed by atoms with E-state index in [2.05, 4.69) is 10.1 Å². The highest BCUT2D eigenvalue weighted by Gasteiger charge is 2.40. The zero-order valence-electron chi connectivity index (χ0n) is 16.1. The average Bonchev–Trinajstić information content (AvgIpc) is 3.35. The number of hydrogen-bond donors (Lipinski definition) is 0. The predicted octanol–water partition coefficient (Wildman–Crippen LogP) is 4.89. The molecule has 0 amide bonds. The summed E-state index contributed by atoms with van der Waals surface area (Å²) in [7, 11) is -3.92. The van der Waals surface area contributed by atoms with Gasteiger partial charge in [-0.1, -0.05) is 12.1 Å². The molecule has 4 aromatic rings. The minimum absolute atomic E-state index is 0.00778. The van der Waals surface area contributed by atoms with Crippen molar-refractivity contribution in [3.8, 4) is 28.4 Å². The second-order valence-corrected chi connectivity index (χ2v) is 8.71. The van der Waals surface area contributed by atoms with E-state index in [1.54, 1.807) is 0 Å². The molecule has 166 valence electrons. The molecule has 2 aromatic heterocycles. The molecule has 12 heteroatoms. The van der Waals surface area contributed by atoms with E-state index >= 15 is 0 Å². The molecule has 0 spiro atoms. The lowest BCUT2D eigenvalue weighted by atomic mass is 10.1. The van der Waals surface area contributed by atoms with E-state index in [0.29, 0.717) is 16.3 Å². The lowest BCUT2D eigenvalue weighted by molar-refractivity contribution is -0.143. The Morgan fingerprint density at radius 3 is 2.19 bits per heavy atom. The molecular weight excluding hydrogens is 457 g/mol. The SMILES string of the molecule is CS(=O)(=O)c1ccc(-n2nc(C(F)(F)F)c(F)c2-c2ccc(-c3ncco3)cc2)cc1F. The van der Waals surface area contributed by atoms with Gasteiger partial charge in [0.15, 0.2) is 15.7 Å². The maximum Gasteiger partial charge on any atom is 0.438 e. The van der Waals surface area contributed by atoms with Crippen molar-refractivity contribution in [1.29, 1.82) is 0 Å². The van der Waals surface area contributed by atoms with Crippen LogP contribution in [0, 0.1) is 11.6 Å². The predicted molar refractivity (Wildman–Crippen MR) is 103 cm³/mol. The Balaban J connectivity index is 1.89. The van der Waals surface area contributed by atoms with Gasteiger partial charge in [0.2, 0.25) is 11.6 Å². The molecule has 0 fully saturated rings. The van der Waals surface area contributed by atoms with E-state index in [-0.39, 0.29) is 17.1 Å². The van der Waals surface area contributed by atoms with Crippen LogP contribution in [0.5, 0.6) is 0 Å². The zero-order valence-corrected chi connectivity index (χ0v) is 16.9. The molecule has 0 aliphatic rings. The Morgan fingerprint density at radius 2 is 1.66 bits per heavy atom. The van der Waals surface area contributed by atoms with Crippen LogP contribution in [0.3, 0.4) is 0 Å². The molecule has 4 rings (SSSR count). The van der Waals surface area contributed by atoms with Gasteiger partial charge in [-0.05, 0) is 24.3 Å². The van der Waals surface area contributed by atoms with Crippen molar-refractivity contribution in [2.75, 3.05) is 6.26 Å². The summed E-state index contributed by atoms with van der Waals surface area (Å²) in [5, 5.41) is 3.30. The van der Waals surface area contributed by atoms with E-state index in [9.17, 15) is 30.4 Å². The molecule has 2 heterocycles. The average molecular weight is 469 g/mol. The molecule has 0 saturated carbocycles. The molecule has 0 saturated heterocycles. The molecule has 0 atom stereocenters. The number of benzene rings is 2. The molecule has 0 aliphatic carbocycles. The molecule has 0 N–H and O–H groups in total. The number of hydrogen-bond acceptors (Lipinski definition) is 5. The molecule has 0 aliphatic heterocycles. The van der Waals surface area contributed by atoms with Gasteiger partial charge in [0, 0.05) is 23.4 Å². The van der Waals surface area contributed by atoms with E-state index < -0.39 is 43.9 Å². The molecule has 0 radical (unpaired) electrons. The van der Waals surface area contributed by atoms with Gasteiger partial charge >= 0.3 is 6.18 Å². The van der Waals surface area contributed by atoms with Crippen molar-refractivity contribution in [2.45, 2.75) is 11.1 Å². The summed E-state index contributed by atoms with van der Waals surface area (Å²) < 4.78 is 98.2. The second-order valence-electron chi connectivity index (χ2n) is 6.72. The third-order valence-corrected chi connectivity index (χ3v) is 5.62. The first kappa shape index (κ1) is 21.7. The van der Waals surface area contributed by atoms with Gasteiger partial charge in [-0.3, -0.25) is 0 Å². The van der Waals surface area contributed by atoms with Crippen LogP contribution in [0.1, 0.15) is 5.69 Å². The molecule has 0 bridgehead atoms. The quantitative estimate of drug-likeness (QED) is 0.398. The van der Waals surface area contributed by atoms with Crippen LogP contribution in [-0.4, -0.2) is 29.4 Å². The van der Waals surface area contributed by atoms with Crippen molar-refractivity contribution >= 4 is 9.84 Å². The standard InChI is InChI=1S/C20H12F5N3O3S/c1-32(29,30)15-7-6-13(10-14(15)21)28-17(16(22)18(27-28)20(23,24)25)11-2-4-12(5-3-11)19-26-8-9-31-19/h2-10H,1H3. The number of aromatic nitrogens is 3. The summed E-state index contributed by atoms with van der Waals surface area (Å²) in [6.45, 7) is 0. The van der Waals surface area contributed by atoms with Gasteiger partial charge < -0.3 is 4.42 Å². The topological polar surface area (TPSA) is 78.0 Å². The number of sulfone groups is 1. The lowest BCUT2D eigenvalue weighted by Crippen LogP contribution is -2.09. The van der Waals surface area contributed by atoms with Crippen molar-refractivity contribution in [2.24, 2.45) is 0 Å². The Labute approximate surface area is 177 Å². The van der Waals surface area contributed by atoms with Crippen LogP contribution in [0.2, 0.25) is 0 Å². The van der Waals surface area contributed by atoms with Crippen LogP contribution < -0.4 is 0 Å². The summed E-state index contributed by atoms with van der Waals surface area (Å²) in [4.78, 5) is 3.30. The molecule has 2 aromatic carbocycles. The first-order chi connectivity index (χ1) is 15.0. The maximum atomic E-state index is 14.9. The highest BCUT2D eigenvalue weighted by Crippen LogP contribution is 2.37. The van der Waals surface area contributed by atoms with Gasteiger partial charge in [-0.25, -0.2) is 26.9 Å². The van der Waals surface area contributed by atoms with Crippen LogP contribution in [0.15, 0.2) is 64.2 Å². The third-order valence-electron chi connectivity index (χ3n) is 4.49. The number of halogens is 5. The van der Waals surface area contributed by atoms with Crippen molar-refractivity contribution in [3.63, 3.8) is 0 Å². The van der Waals surface area contributed by atoms with E-state index in [0.717, 1.165) is 18.4 Å². The molecular formula is C20H12F5N3O3S. The minimum Gasteiger partial charge on any atom is -0.445 e. The summed E-state index contributed by atoms with van der Waals surface area (Å²) in [5.41, 5.74) is -2.17. The maximum absolute atomic E-state index is 14.9. The van der Waals surface area contributed by atoms with Gasteiger partial charge in [0.1, 0.15) is 22.7 Å². The van der Waals surface area contributed by atoms with Gasteiger partial charge in [-0.15, -0.1) is 0 Å². The Morgan fingerprint density at radius 1 is 1.00 bits per heavy atom. The Hall–Kier alpha value is -3.54. The van der Waals surface area contributed by atoms with Crippen molar-refractivity contribution < 1.29 is 34.8 Å². The van der Waals surface area contributed by atoms with Crippen LogP contribution >= 0.6 is 0 Å². The van der Waals surface area contributed by atoms with Crippen LogP contribution in [0.4, 0.5) is 22.0 Å². The molecule has 6 nitrogen and oxygen atoms in total. The van der Waals surface area contributed by atoms with E-state index in [1.807, 2.05) is 0 Å².